The van der Waals surface area contributed by atoms with Crippen molar-refractivity contribution < 1.29 is 31.1 Å². The molecule has 168 valence electrons. The third kappa shape index (κ3) is 4.47. The molecule has 1 aliphatic carbocycles. The number of hydrogen-bond donors (Lipinski definition) is 0. The summed E-state index contributed by atoms with van der Waals surface area (Å²) in [5.41, 5.74) is -0.0258. The Labute approximate surface area is 181 Å². The fourth-order valence-electron chi connectivity index (χ4n) is 4.11. The summed E-state index contributed by atoms with van der Waals surface area (Å²) in [5.74, 6) is -4.97. The first-order valence-electron chi connectivity index (χ1n) is 10.4. The van der Waals surface area contributed by atoms with Crippen molar-refractivity contribution in [1.82, 2.24) is 0 Å². The third-order valence-corrected chi connectivity index (χ3v) is 5.83. The molecule has 0 heterocycles. The van der Waals surface area contributed by atoms with Crippen molar-refractivity contribution in [3.05, 3.63) is 89.0 Å². The summed E-state index contributed by atoms with van der Waals surface area (Å²) in [6.45, 7) is 0. The highest BCUT2D eigenvalue weighted by Crippen LogP contribution is 2.38. The summed E-state index contributed by atoms with van der Waals surface area (Å²) < 4.78 is 89.1. The van der Waals surface area contributed by atoms with Gasteiger partial charge in [0.05, 0.1) is 5.56 Å². The van der Waals surface area contributed by atoms with E-state index in [2.05, 4.69) is 4.74 Å². The second-order valence-corrected chi connectivity index (χ2v) is 7.94. The lowest BCUT2D eigenvalue weighted by molar-refractivity contribution is -0.185. The Morgan fingerprint density at radius 3 is 2.06 bits per heavy atom. The molecule has 1 saturated carbocycles. The van der Waals surface area contributed by atoms with E-state index in [1.54, 1.807) is 6.07 Å². The molecule has 0 N–H and O–H groups in total. The molecule has 1 fully saturated rings. The van der Waals surface area contributed by atoms with E-state index in [4.69, 9.17) is 0 Å². The van der Waals surface area contributed by atoms with Gasteiger partial charge in [-0.2, -0.15) is 8.78 Å². The first kappa shape index (κ1) is 22.2. The van der Waals surface area contributed by atoms with Gasteiger partial charge in [0, 0.05) is 11.6 Å². The number of ether oxygens (including phenoxy) is 1. The zero-order chi connectivity index (χ0) is 22.9. The van der Waals surface area contributed by atoms with Crippen LogP contribution in [0.1, 0.15) is 49.1 Å². The van der Waals surface area contributed by atoms with Crippen LogP contribution in [0.5, 0.6) is 5.75 Å². The third-order valence-electron chi connectivity index (χ3n) is 5.83. The van der Waals surface area contributed by atoms with Crippen LogP contribution in [-0.2, 0) is 6.11 Å². The van der Waals surface area contributed by atoms with Crippen molar-refractivity contribution in [2.75, 3.05) is 0 Å². The smallest absolute Gasteiger partial charge is 0.426 e. The van der Waals surface area contributed by atoms with Crippen LogP contribution in [0.25, 0.3) is 11.1 Å². The lowest BCUT2D eigenvalue weighted by Gasteiger charge is -2.23. The Balaban J connectivity index is 1.56. The maximum absolute atomic E-state index is 14.8. The highest BCUT2D eigenvalue weighted by molar-refractivity contribution is 5.65. The molecule has 0 radical (unpaired) electrons. The molecule has 0 aromatic heterocycles. The van der Waals surface area contributed by atoms with Crippen LogP contribution in [0.2, 0.25) is 0 Å². The van der Waals surface area contributed by atoms with Crippen LogP contribution < -0.4 is 4.74 Å². The molecule has 4 rings (SSSR count). The van der Waals surface area contributed by atoms with Crippen molar-refractivity contribution in [2.24, 2.45) is 0 Å². The molecule has 1 aliphatic rings. The molecule has 0 saturated heterocycles. The Kier molecular flexibility index (Phi) is 6.17. The quantitative estimate of drug-likeness (QED) is 0.357. The largest absolute Gasteiger partial charge is 0.429 e. The van der Waals surface area contributed by atoms with Crippen LogP contribution in [0.3, 0.4) is 0 Å². The van der Waals surface area contributed by atoms with Crippen molar-refractivity contribution in [1.29, 1.82) is 0 Å². The van der Waals surface area contributed by atoms with Gasteiger partial charge in [0.2, 0.25) is 0 Å². The van der Waals surface area contributed by atoms with Gasteiger partial charge >= 0.3 is 6.11 Å². The van der Waals surface area contributed by atoms with Crippen molar-refractivity contribution in [2.45, 2.75) is 44.1 Å². The van der Waals surface area contributed by atoms with Gasteiger partial charge in [-0.1, -0.05) is 43.5 Å². The second-order valence-electron chi connectivity index (χ2n) is 7.94. The second kappa shape index (κ2) is 8.88. The number of benzene rings is 3. The lowest BCUT2D eigenvalue weighted by Crippen LogP contribution is -2.21. The van der Waals surface area contributed by atoms with E-state index >= 15 is 0 Å². The molecule has 0 aliphatic heterocycles. The van der Waals surface area contributed by atoms with Crippen LogP contribution in [0.15, 0.2) is 54.6 Å². The van der Waals surface area contributed by atoms with E-state index in [0.717, 1.165) is 50.3 Å². The molecule has 0 bridgehead atoms. The Morgan fingerprint density at radius 2 is 1.41 bits per heavy atom. The summed E-state index contributed by atoms with van der Waals surface area (Å²) in [6, 6.07) is 9.61. The van der Waals surface area contributed by atoms with E-state index in [1.165, 1.54) is 18.2 Å². The number of halogens is 6. The SMILES string of the molecule is Fc1ccc(OC(F)(F)c2ccc(-c3ccc(C4CCCCC4)c(F)c3F)cc2)cc1F. The zero-order valence-corrected chi connectivity index (χ0v) is 17.0. The molecule has 7 heteroatoms. The molecule has 3 aromatic carbocycles. The van der Waals surface area contributed by atoms with Gasteiger partial charge in [0.1, 0.15) is 5.75 Å². The maximum Gasteiger partial charge on any atom is 0.426 e. The minimum atomic E-state index is -3.85. The molecule has 32 heavy (non-hydrogen) atoms. The zero-order valence-electron chi connectivity index (χ0n) is 17.0. The molecule has 0 spiro atoms. The van der Waals surface area contributed by atoms with Crippen LogP contribution >= 0.6 is 0 Å². The Morgan fingerprint density at radius 1 is 0.719 bits per heavy atom. The van der Waals surface area contributed by atoms with Gasteiger partial charge in [-0.3, -0.25) is 0 Å². The van der Waals surface area contributed by atoms with Gasteiger partial charge < -0.3 is 4.74 Å². The highest BCUT2D eigenvalue weighted by Gasteiger charge is 2.35. The maximum atomic E-state index is 14.8. The van der Waals surface area contributed by atoms with Gasteiger partial charge in [-0.05, 0) is 54.2 Å². The molecule has 0 atom stereocenters. The minimum absolute atomic E-state index is 0.0122. The molecule has 3 aromatic rings. The molecule has 0 amide bonds. The van der Waals surface area contributed by atoms with Gasteiger partial charge in [0.25, 0.3) is 0 Å². The Bertz CT molecular complexity index is 1100. The Hall–Kier alpha value is -2.96. The van der Waals surface area contributed by atoms with Crippen molar-refractivity contribution in [3.63, 3.8) is 0 Å². The molecular formula is C25H20F6O. The van der Waals surface area contributed by atoms with Gasteiger partial charge in [0.15, 0.2) is 23.3 Å². The van der Waals surface area contributed by atoms with E-state index in [1.807, 2.05) is 0 Å². The van der Waals surface area contributed by atoms with E-state index < -0.39 is 40.7 Å². The summed E-state index contributed by atoms with van der Waals surface area (Å²) in [7, 11) is 0. The number of alkyl halides is 2. The fourth-order valence-corrected chi connectivity index (χ4v) is 4.11. The first-order valence-corrected chi connectivity index (χ1v) is 10.4. The van der Waals surface area contributed by atoms with E-state index in [0.29, 0.717) is 17.7 Å². The summed E-state index contributed by atoms with van der Waals surface area (Å²) in [4.78, 5) is 0. The predicted molar refractivity (Wildman–Crippen MR) is 109 cm³/mol. The topological polar surface area (TPSA) is 9.23 Å². The monoisotopic (exact) mass is 450 g/mol. The number of hydrogen-bond acceptors (Lipinski definition) is 1. The standard InChI is InChI=1S/C25H20F6O/c26-21-13-10-18(14-22(21)27)32-25(30,31)17-8-6-16(7-9-17)20-12-11-19(23(28)24(20)29)15-4-2-1-3-5-15/h6-15H,1-5H2. The van der Waals surface area contributed by atoms with Crippen LogP contribution in [0, 0.1) is 23.3 Å². The van der Waals surface area contributed by atoms with Crippen LogP contribution in [-0.4, -0.2) is 0 Å². The molecule has 1 nitrogen and oxygen atoms in total. The summed E-state index contributed by atoms with van der Waals surface area (Å²) in [6.07, 6.45) is 0.841. The fraction of sp³-hybridized carbons (Fsp3) is 0.280. The first-order chi connectivity index (χ1) is 15.3. The molecular weight excluding hydrogens is 430 g/mol. The summed E-state index contributed by atoms with van der Waals surface area (Å²) in [5, 5.41) is 0. The minimum Gasteiger partial charge on any atom is -0.429 e. The lowest BCUT2D eigenvalue weighted by atomic mass is 9.83. The summed E-state index contributed by atoms with van der Waals surface area (Å²) >= 11 is 0. The van der Waals surface area contributed by atoms with E-state index in [-0.39, 0.29) is 17.0 Å². The predicted octanol–water partition coefficient (Wildman–Crippen LogP) is 8.09. The molecule has 0 unspecified atom stereocenters. The van der Waals surface area contributed by atoms with Crippen molar-refractivity contribution >= 4 is 0 Å². The normalized spacial score (nSPS) is 15.1. The highest BCUT2D eigenvalue weighted by atomic mass is 19.3. The number of rotatable bonds is 5. The van der Waals surface area contributed by atoms with Crippen LogP contribution in [0.4, 0.5) is 26.3 Å². The van der Waals surface area contributed by atoms with Crippen molar-refractivity contribution in [3.8, 4) is 16.9 Å². The average Bonchev–Trinajstić information content (AvgIpc) is 2.79. The van der Waals surface area contributed by atoms with E-state index in [9.17, 15) is 26.3 Å². The van der Waals surface area contributed by atoms with Gasteiger partial charge in [-0.15, -0.1) is 0 Å². The van der Waals surface area contributed by atoms with Gasteiger partial charge in [-0.25, -0.2) is 17.6 Å². The average molecular weight is 450 g/mol.